The number of halogens is 2. The first kappa shape index (κ1) is 16.1. The van der Waals surface area contributed by atoms with Gasteiger partial charge in [0.2, 0.25) is 0 Å². The maximum absolute atomic E-state index is 4.79. The zero-order valence-corrected chi connectivity index (χ0v) is 13.7. The smallest absolute Gasteiger partial charge is 0.125 e. The molecule has 4 nitrogen and oxygen atoms in total. The maximum atomic E-state index is 4.79. The second-order valence-electron chi connectivity index (χ2n) is 4.81. The Labute approximate surface area is 139 Å². The summed E-state index contributed by atoms with van der Waals surface area (Å²) in [6.45, 7) is 1.06. The van der Waals surface area contributed by atoms with Gasteiger partial charge in [-0.2, -0.15) is 0 Å². The molecule has 1 aliphatic rings. The largest absolute Gasteiger partial charge is 0.375 e. The van der Waals surface area contributed by atoms with Crippen LogP contribution in [0.15, 0.2) is 24.5 Å². The highest BCUT2D eigenvalue weighted by Crippen LogP contribution is 2.34. The third-order valence-electron chi connectivity index (χ3n) is 3.49. The van der Waals surface area contributed by atoms with Crippen LogP contribution in [-0.2, 0) is 6.42 Å². The standard InChI is InChI=1S/C14H14N4S.2ClH/c1-2-6-15-14-11(3-1)18-13(19-14)9-4-5-10-12(7-9)17-8-16-10;;/h4-5,7-8,15H,1-3,6H2,(H,16,17);2*1H. The number of aromatic amines is 1. The Balaban J connectivity index is 0.000000807. The molecule has 7 heteroatoms. The van der Waals surface area contributed by atoms with Crippen molar-refractivity contribution in [2.24, 2.45) is 0 Å². The minimum atomic E-state index is 0. The molecule has 0 saturated heterocycles. The van der Waals surface area contributed by atoms with Gasteiger partial charge in [-0.1, -0.05) is 11.3 Å². The molecule has 112 valence electrons. The van der Waals surface area contributed by atoms with E-state index in [0.29, 0.717) is 0 Å². The summed E-state index contributed by atoms with van der Waals surface area (Å²) in [7, 11) is 0. The molecule has 0 atom stereocenters. The Morgan fingerprint density at radius 2 is 2.05 bits per heavy atom. The molecule has 0 saturated carbocycles. The highest BCUT2D eigenvalue weighted by Gasteiger charge is 2.15. The lowest BCUT2D eigenvalue weighted by Gasteiger charge is -1.98. The molecule has 2 aromatic heterocycles. The highest BCUT2D eigenvalue weighted by atomic mass is 35.5. The molecule has 0 unspecified atom stereocenters. The number of hydrogen-bond acceptors (Lipinski definition) is 4. The van der Waals surface area contributed by atoms with Gasteiger partial charge in [-0.15, -0.1) is 24.8 Å². The van der Waals surface area contributed by atoms with E-state index in [9.17, 15) is 0 Å². The normalized spacial score (nSPS) is 13.5. The molecule has 1 aliphatic heterocycles. The van der Waals surface area contributed by atoms with Crippen LogP contribution in [-0.4, -0.2) is 21.5 Å². The van der Waals surface area contributed by atoms with Crippen LogP contribution in [0.4, 0.5) is 5.00 Å². The van der Waals surface area contributed by atoms with Gasteiger partial charge in [0.25, 0.3) is 0 Å². The lowest BCUT2D eigenvalue weighted by Crippen LogP contribution is -1.96. The fraction of sp³-hybridized carbons (Fsp3) is 0.286. The summed E-state index contributed by atoms with van der Waals surface area (Å²) >= 11 is 1.75. The van der Waals surface area contributed by atoms with Gasteiger partial charge >= 0.3 is 0 Å². The topological polar surface area (TPSA) is 53.6 Å². The zero-order valence-electron chi connectivity index (χ0n) is 11.3. The summed E-state index contributed by atoms with van der Waals surface area (Å²) in [4.78, 5) is 12.2. The second-order valence-corrected chi connectivity index (χ2v) is 5.81. The second kappa shape index (κ2) is 6.64. The van der Waals surface area contributed by atoms with Crippen molar-refractivity contribution in [2.75, 3.05) is 11.9 Å². The van der Waals surface area contributed by atoms with Crippen LogP contribution in [0, 0.1) is 0 Å². The molecular formula is C14H16Cl2N4S. The average Bonchev–Trinajstić information content (AvgIpc) is 3.00. The van der Waals surface area contributed by atoms with Gasteiger partial charge in [0.05, 0.1) is 23.1 Å². The monoisotopic (exact) mass is 342 g/mol. The molecule has 21 heavy (non-hydrogen) atoms. The molecule has 0 fully saturated rings. The number of thiazole rings is 1. The molecule has 1 aromatic carbocycles. The van der Waals surface area contributed by atoms with E-state index < -0.39 is 0 Å². The van der Waals surface area contributed by atoms with Crippen molar-refractivity contribution in [1.29, 1.82) is 0 Å². The van der Waals surface area contributed by atoms with Gasteiger partial charge in [-0.3, -0.25) is 0 Å². The van der Waals surface area contributed by atoms with Crippen molar-refractivity contribution in [2.45, 2.75) is 19.3 Å². The fourth-order valence-corrected chi connectivity index (χ4v) is 3.50. The average molecular weight is 343 g/mol. The Hall–Kier alpha value is -1.30. The van der Waals surface area contributed by atoms with Gasteiger partial charge in [-0.25, -0.2) is 9.97 Å². The Morgan fingerprint density at radius 3 is 2.95 bits per heavy atom. The maximum Gasteiger partial charge on any atom is 0.125 e. The SMILES string of the molecule is Cl.Cl.c1nc2cc(-c3nc4c(s3)NCCCC4)ccc2[nH]1. The minimum Gasteiger partial charge on any atom is -0.375 e. The molecule has 0 bridgehead atoms. The molecule has 2 N–H and O–H groups in total. The molecule has 0 radical (unpaired) electrons. The Bertz CT molecular complexity index is 714. The molecular weight excluding hydrogens is 327 g/mol. The van der Waals surface area contributed by atoms with E-state index >= 15 is 0 Å². The number of benzene rings is 1. The lowest BCUT2D eigenvalue weighted by atomic mass is 10.2. The van der Waals surface area contributed by atoms with Crippen LogP contribution in [0.3, 0.4) is 0 Å². The number of nitrogens with zero attached hydrogens (tertiary/aromatic N) is 2. The van der Waals surface area contributed by atoms with E-state index in [4.69, 9.17) is 4.98 Å². The Kier molecular flexibility index (Phi) is 5.08. The van der Waals surface area contributed by atoms with Crippen LogP contribution in [0.25, 0.3) is 21.6 Å². The third kappa shape index (κ3) is 3.00. The van der Waals surface area contributed by atoms with E-state index in [1.54, 1.807) is 17.7 Å². The molecule has 0 amide bonds. The number of hydrogen-bond donors (Lipinski definition) is 2. The molecule has 0 aliphatic carbocycles. The number of rotatable bonds is 1. The predicted octanol–water partition coefficient (Wildman–Crippen LogP) is 4.28. The van der Waals surface area contributed by atoms with E-state index in [-0.39, 0.29) is 24.8 Å². The van der Waals surface area contributed by atoms with Crippen molar-refractivity contribution < 1.29 is 0 Å². The zero-order chi connectivity index (χ0) is 12.7. The number of aryl methyl sites for hydroxylation is 1. The lowest BCUT2D eigenvalue weighted by molar-refractivity contribution is 0.775. The van der Waals surface area contributed by atoms with Gasteiger partial charge in [0.15, 0.2) is 0 Å². The number of H-pyrrole nitrogens is 1. The number of fused-ring (bicyclic) bond motifs is 2. The summed E-state index contributed by atoms with van der Waals surface area (Å²) in [5, 5.41) is 5.81. The highest BCUT2D eigenvalue weighted by molar-refractivity contribution is 7.19. The number of anilines is 1. The van der Waals surface area contributed by atoms with E-state index in [1.165, 1.54) is 23.5 Å². The van der Waals surface area contributed by atoms with E-state index in [2.05, 4.69) is 33.5 Å². The van der Waals surface area contributed by atoms with Gasteiger partial charge < -0.3 is 10.3 Å². The van der Waals surface area contributed by atoms with Crippen molar-refractivity contribution in [1.82, 2.24) is 15.0 Å². The number of imidazole rings is 1. The van der Waals surface area contributed by atoms with Gasteiger partial charge in [-0.05, 0) is 37.5 Å². The predicted molar refractivity (Wildman–Crippen MR) is 93.1 cm³/mol. The first-order valence-corrected chi connectivity index (χ1v) is 7.39. The molecule has 4 rings (SSSR count). The first-order chi connectivity index (χ1) is 9.40. The Morgan fingerprint density at radius 1 is 1.14 bits per heavy atom. The van der Waals surface area contributed by atoms with Crippen LogP contribution in [0.2, 0.25) is 0 Å². The van der Waals surface area contributed by atoms with Crippen LogP contribution >= 0.6 is 36.2 Å². The number of aromatic nitrogens is 3. The van der Waals surface area contributed by atoms with Crippen LogP contribution in [0.5, 0.6) is 0 Å². The quantitative estimate of drug-likeness (QED) is 0.693. The van der Waals surface area contributed by atoms with Crippen LogP contribution < -0.4 is 5.32 Å². The van der Waals surface area contributed by atoms with Crippen molar-refractivity contribution in [3.8, 4) is 10.6 Å². The van der Waals surface area contributed by atoms with Crippen molar-refractivity contribution in [3.63, 3.8) is 0 Å². The summed E-state index contributed by atoms with van der Waals surface area (Å²) in [6.07, 6.45) is 5.27. The minimum absolute atomic E-state index is 0. The van der Waals surface area contributed by atoms with E-state index in [0.717, 1.165) is 34.6 Å². The number of nitrogens with one attached hydrogen (secondary N) is 2. The van der Waals surface area contributed by atoms with Crippen molar-refractivity contribution in [3.05, 3.63) is 30.2 Å². The fourth-order valence-electron chi connectivity index (χ4n) is 2.47. The molecule has 3 heterocycles. The molecule has 3 aromatic rings. The summed E-state index contributed by atoms with van der Waals surface area (Å²) in [5.74, 6) is 0. The van der Waals surface area contributed by atoms with Gasteiger partial charge in [0.1, 0.15) is 10.0 Å². The molecule has 0 spiro atoms. The van der Waals surface area contributed by atoms with E-state index in [1.807, 2.05) is 0 Å². The third-order valence-corrected chi connectivity index (χ3v) is 4.60. The van der Waals surface area contributed by atoms with Crippen LogP contribution in [0.1, 0.15) is 18.5 Å². The first-order valence-electron chi connectivity index (χ1n) is 6.57. The van der Waals surface area contributed by atoms with Crippen molar-refractivity contribution >= 4 is 52.2 Å². The summed E-state index contributed by atoms with van der Waals surface area (Å²) < 4.78 is 0. The summed E-state index contributed by atoms with van der Waals surface area (Å²) in [5.41, 5.74) is 4.44. The van der Waals surface area contributed by atoms with Gasteiger partial charge in [0, 0.05) is 12.1 Å². The summed E-state index contributed by atoms with van der Waals surface area (Å²) in [6, 6.07) is 6.28.